The SMILES string of the molecule is C[SiH](C)C(N)[SiH](C)C. The van der Waals surface area contributed by atoms with Crippen LogP contribution >= 0.6 is 0 Å². The predicted molar refractivity (Wildman–Crippen MR) is 45.7 cm³/mol. The van der Waals surface area contributed by atoms with Gasteiger partial charge in [0, 0.05) is 17.6 Å². The Morgan fingerprint density at radius 1 is 1.00 bits per heavy atom. The van der Waals surface area contributed by atoms with E-state index < -0.39 is 17.6 Å². The van der Waals surface area contributed by atoms with Crippen molar-refractivity contribution in [2.45, 2.75) is 31.5 Å². The Balaban J connectivity index is 3.46. The summed E-state index contributed by atoms with van der Waals surface area (Å²) in [7, 11) is -0.966. The molecule has 50 valence electrons. The highest BCUT2D eigenvalue weighted by molar-refractivity contribution is 6.77. The Hall–Kier alpha value is 0.394. The lowest BCUT2D eigenvalue weighted by atomic mass is 11.5. The van der Waals surface area contributed by atoms with E-state index in [0.717, 1.165) is 0 Å². The number of nitrogens with two attached hydrogens (primary N) is 1. The van der Waals surface area contributed by atoms with E-state index in [1.807, 2.05) is 0 Å². The van der Waals surface area contributed by atoms with Crippen LogP contribution in [0, 0.1) is 0 Å². The van der Waals surface area contributed by atoms with Crippen molar-refractivity contribution in [1.82, 2.24) is 0 Å². The second-order valence-corrected chi connectivity index (χ2v) is 10.4. The molecule has 1 nitrogen and oxygen atoms in total. The van der Waals surface area contributed by atoms with Crippen LogP contribution < -0.4 is 5.73 Å². The van der Waals surface area contributed by atoms with Gasteiger partial charge in [-0.3, -0.25) is 0 Å². The second-order valence-electron chi connectivity index (χ2n) is 3.07. The number of rotatable bonds is 2. The van der Waals surface area contributed by atoms with Gasteiger partial charge in [0.05, 0.1) is 0 Å². The van der Waals surface area contributed by atoms with Gasteiger partial charge in [0.15, 0.2) is 0 Å². The van der Waals surface area contributed by atoms with Crippen LogP contribution in [0.15, 0.2) is 0 Å². The van der Waals surface area contributed by atoms with Crippen molar-refractivity contribution < 1.29 is 0 Å². The largest absolute Gasteiger partial charge is 0.333 e. The second kappa shape index (κ2) is 3.43. The Labute approximate surface area is 55.5 Å². The minimum Gasteiger partial charge on any atom is -0.333 e. The summed E-state index contributed by atoms with van der Waals surface area (Å²) < 4.78 is 0. The zero-order valence-corrected chi connectivity index (χ0v) is 8.62. The van der Waals surface area contributed by atoms with Gasteiger partial charge in [-0.15, -0.1) is 0 Å². The molecule has 0 amide bonds. The van der Waals surface area contributed by atoms with Crippen molar-refractivity contribution in [3.05, 3.63) is 0 Å². The molecule has 8 heavy (non-hydrogen) atoms. The van der Waals surface area contributed by atoms with Crippen LogP contribution in [0.2, 0.25) is 26.2 Å². The summed E-state index contributed by atoms with van der Waals surface area (Å²) in [6.45, 7) is 9.32. The van der Waals surface area contributed by atoms with Crippen molar-refractivity contribution in [3.8, 4) is 0 Å². The van der Waals surface area contributed by atoms with Gasteiger partial charge in [0.1, 0.15) is 0 Å². The zero-order valence-electron chi connectivity index (χ0n) is 6.31. The molecular formula is C5H17NSi2. The van der Waals surface area contributed by atoms with Gasteiger partial charge < -0.3 is 5.73 Å². The molecule has 0 aromatic heterocycles. The molecule has 0 aliphatic carbocycles. The molecular weight excluding hydrogens is 130 g/mol. The third kappa shape index (κ3) is 2.64. The van der Waals surface area contributed by atoms with Crippen LogP contribution in [0.3, 0.4) is 0 Å². The molecule has 0 atom stereocenters. The molecule has 3 heteroatoms. The summed E-state index contributed by atoms with van der Waals surface area (Å²) in [5.41, 5.74) is 5.88. The van der Waals surface area contributed by atoms with Gasteiger partial charge in [0.2, 0.25) is 0 Å². The summed E-state index contributed by atoms with van der Waals surface area (Å²) in [5, 5.41) is 0.648. The van der Waals surface area contributed by atoms with Gasteiger partial charge in [0.25, 0.3) is 0 Å². The summed E-state index contributed by atoms with van der Waals surface area (Å²) in [6.07, 6.45) is 0. The Morgan fingerprint density at radius 3 is 1.25 bits per heavy atom. The molecule has 0 unspecified atom stereocenters. The van der Waals surface area contributed by atoms with E-state index in [1.54, 1.807) is 0 Å². The topological polar surface area (TPSA) is 26.0 Å². The van der Waals surface area contributed by atoms with Crippen molar-refractivity contribution in [1.29, 1.82) is 0 Å². The van der Waals surface area contributed by atoms with Crippen molar-refractivity contribution in [2.24, 2.45) is 5.73 Å². The molecule has 0 saturated carbocycles. The molecule has 0 aromatic carbocycles. The van der Waals surface area contributed by atoms with Crippen molar-refractivity contribution in [3.63, 3.8) is 0 Å². The molecule has 0 fully saturated rings. The standard InChI is InChI=1S/C5H17NSi2/c1-7(2)5(6)8(3)4/h5,7-8H,6H2,1-4H3. The van der Waals surface area contributed by atoms with E-state index in [4.69, 9.17) is 5.73 Å². The van der Waals surface area contributed by atoms with Gasteiger partial charge >= 0.3 is 0 Å². The molecule has 0 aromatic rings. The van der Waals surface area contributed by atoms with Crippen LogP contribution in [0.5, 0.6) is 0 Å². The van der Waals surface area contributed by atoms with Crippen molar-refractivity contribution in [2.75, 3.05) is 0 Å². The van der Waals surface area contributed by atoms with Crippen LogP contribution in [-0.4, -0.2) is 22.9 Å². The third-order valence-corrected chi connectivity index (χ3v) is 9.24. The fraction of sp³-hybridized carbons (Fsp3) is 1.00. The Kier molecular flexibility index (Phi) is 3.59. The normalized spacial score (nSPS) is 12.0. The molecule has 2 N–H and O–H groups in total. The van der Waals surface area contributed by atoms with E-state index >= 15 is 0 Å². The molecule has 0 heterocycles. The minimum atomic E-state index is -0.483. The highest BCUT2D eigenvalue weighted by Crippen LogP contribution is 1.92. The van der Waals surface area contributed by atoms with Gasteiger partial charge in [-0.05, 0) is 5.29 Å². The molecule has 0 aliphatic rings. The Morgan fingerprint density at radius 2 is 1.25 bits per heavy atom. The summed E-state index contributed by atoms with van der Waals surface area (Å²) in [6, 6.07) is 0. The molecule has 0 saturated heterocycles. The van der Waals surface area contributed by atoms with Gasteiger partial charge in [-0.25, -0.2) is 0 Å². The van der Waals surface area contributed by atoms with Crippen LogP contribution in [0.25, 0.3) is 0 Å². The third-order valence-electron chi connectivity index (χ3n) is 1.54. The van der Waals surface area contributed by atoms with E-state index in [1.165, 1.54) is 0 Å². The average Bonchev–Trinajstić information content (AvgIpc) is 1.64. The molecule has 0 radical (unpaired) electrons. The minimum absolute atomic E-state index is 0.483. The van der Waals surface area contributed by atoms with Crippen LogP contribution in [-0.2, 0) is 0 Å². The smallest absolute Gasteiger partial charge is 0.0462 e. The van der Waals surface area contributed by atoms with Gasteiger partial charge in [-0.2, -0.15) is 0 Å². The van der Waals surface area contributed by atoms with E-state index in [0.29, 0.717) is 5.29 Å². The first-order chi connectivity index (χ1) is 3.55. The first kappa shape index (κ1) is 8.39. The maximum absolute atomic E-state index is 5.88. The predicted octanol–water partition coefficient (Wildman–Crippen LogP) is 0.365. The quantitative estimate of drug-likeness (QED) is 0.561. The van der Waals surface area contributed by atoms with Crippen molar-refractivity contribution >= 4 is 17.6 Å². The fourth-order valence-electron chi connectivity index (χ4n) is 0.770. The maximum atomic E-state index is 5.88. The fourth-order valence-corrected chi connectivity index (χ4v) is 6.93. The average molecular weight is 147 g/mol. The van der Waals surface area contributed by atoms with E-state index in [-0.39, 0.29) is 0 Å². The summed E-state index contributed by atoms with van der Waals surface area (Å²) in [4.78, 5) is 0. The lowest BCUT2D eigenvalue weighted by molar-refractivity contribution is 1.19. The molecule has 0 aliphatic heterocycles. The molecule has 0 spiro atoms. The van der Waals surface area contributed by atoms with Crippen LogP contribution in [0.1, 0.15) is 0 Å². The monoisotopic (exact) mass is 147 g/mol. The highest BCUT2D eigenvalue weighted by Gasteiger charge is 2.12. The molecule has 0 rings (SSSR count). The highest BCUT2D eigenvalue weighted by atomic mass is 28.3. The summed E-state index contributed by atoms with van der Waals surface area (Å²) >= 11 is 0. The first-order valence-corrected chi connectivity index (χ1v) is 9.26. The zero-order chi connectivity index (χ0) is 6.73. The number of hydrogen-bond donors (Lipinski definition) is 1. The van der Waals surface area contributed by atoms with E-state index in [9.17, 15) is 0 Å². The maximum Gasteiger partial charge on any atom is 0.0462 e. The lowest BCUT2D eigenvalue weighted by Crippen LogP contribution is -2.44. The van der Waals surface area contributed by atoms with Crippen LogP contribution in [0.4, 0.5) is 0 Å². The molecule has 0 bridgehead atoms. The lowest BCUT2D eigenvalue weighted by Gasteiger charge is -2.16. The van der Waals surface area contributed by atoms with E-state index in [2.05, 4.69) is 26.2 Å². The first-order valence-electron chi connectivity index (χ1n) is 3.31. The summed E-state index contributed by atoms with van der Waals surface area (Å²) in [5.74, 6) is 0. The number of hydrogen-bond acceptors (Lipinski definition) is 1. The van der Waals surface area contributed by atoms with Gasteiger partial charge in [-0.1, -0.05) is 26.2 Å². The Bertz CT molecular complexity index is 55.4.